The molecule has 0 aliphatic rings. The average molecular weight is 785 g/mol. The predicted octanol–water partition coefficient (Wildman–Crippen LogP) is 0.228. The highest BCUT2D eigenvalue weighted by Crippen LogP contribution is 2.03. The number of hydrogen-bond acceptors (Lipinski definition) is 18. The van der Waals surface area contributed by atoms with Gasteiger partial charge in [0.25, 0.3) is 0 Å². The number of methoxy groups -OCH3 is 2. The number of ether oxygens (including phenoxy) is 10. The van der Waals surface area contributed by atoms with Gasteiger partial charge in [-0.2, -0.15) is 0 Å². The summed E-state index contributed by atoms with van der Waals surface area (Å²) in [5, 5.41) is 18.1. The van der Waals surface area contributed by atoms with Gasteiger partial charge in [0.05, 0.1) is 91.8 Å². The Balaban J connectivity index is 3.91. The van der Waals surface area contributed by atoms with Crippen molar-refractivity contribution in [3.05, 3.63) is 0 Å². The summed E-state index contributed by atoms with van der Waals surface area (Å²) in [6, 6.07) is 0. The van der Waals surface area contributed by atoms with Gasteiger partial charge in [-0.1, -0.05) is 0 Å². The van der Waals surface area contributed by atoms with Crippen molar-refractivity contribution in [3.63, 3.8) is 0 Å². The molecule has 0 heterocycles. The van der Waals surface area contributed by atoms with E-state index in [-0.39, 0.29) is 102 Å². The van der Waals surface area contributed by atoms with E-state index in [9.17, 15) is 19.2 Å². The van der Waals surface area contributed by atoms with Gasteiger partial charge in [0.15, 0.2) is 0 Å². The van der Waals surface area contributed by atoms with E-state index in [4.69, 9.17) is 57.6 Å². The summed E-state index contributed by atoms with van der Waals surface area (Å²) in [6.45, 7) is 7.02. The summed E-state index contributed by atoms with van der Waals surface area (Å²) in [5.41, 5.74) is 0. The average Bonchev–Trinajstić information content (AvgIpc) is 3.16. The number of carbonyl (C=O) groups is 4. The normalized spacial score (nSPS) is 11.3. The molecule has 0 radical (unpaired) electrons. The van der Waals surface area contributed by atoms with Crippen LogP contribution in [0, 0.1) is 0 Å². The molecular formula is C36H68N2O16. The van der Waals surface area contributed by atoms with E-state index in [1.54, 1.807) is 7.11 Å². The smallest absolute Gasteiger partial charge is 0.307 e. The lowest BCUT2D eigenvalue weighted by Gasteiger charge is -2.21. The van der Waals surface area contributed by atoms with E-state index in [1.807, 2.05) is 9.80 Å². The molecule has 318 valence electrons. The second-order valence-electron chi connectivity index (χ2n) is 11.9. The number of hydrogen-bond donors (Lipinski definition) is 2. The van der Waals surface area contributed by atoms with Gasteiger partial charge in [-0.25, -0.2) is 0 Å². The molecule has 0 fully saturated rings. The highest BCUT2D eigenvalue weighted by Gasteiger charge is 2.14. The fraction of sp³-hybridized carbons (Fsp3) is 0.889. The lowest BCUT2D eigenvalue weighted by atomic mass is 10.2. The van der Waals surface area contributed by atoms with Crippen LogP contribution in [0.2, 0.25) is 0 Å². The van der Waals surface area contributed by atoms with E-state index >= 15 is 0 Å². The zero-order chi connectivity index (χ0) is 39.7. The van der Waals surface area contributed by atoms with Gasteiger partial charge in [0, 0.05) is 53.6 Å². The molecule has 0 atom stereocenters. The van der Waals surface area contributed by atoms with Crippen molar-refractivity contribution in [2.45, 2.75) is 51.4 Å². The van der Waals surface area contributed by atoms with Crippen molar-refractivity contribution >= 4 is 23.9 Å². The minimum atomic E-state index is -0.370. The lowest BCUT2D eigenvalue weighted by Crippen LogP contribution is -2.31. The summed E-state index contributed by atoms with van der Waals surface area (Å²) in [5.74, 6) is -1.41. The lowest BCUT2D eigenvalue weighted by molar-refractivity contribution is -0.147. The summed E-state index contributed by atoms with van der Waals surface area (Å²) >= 11 is 0. The Morgan fingerprint density at radius 3 is 0.926 bits per heavy atom. The van der Waals surface area contributed by atoms with Crippen LogP contribution in [-0.4, -0.2) is 203 Å². The van der Waals surface area contributed by atoms with Crippen molar-refractivity contribution in [2.75, 3.05) is 159 Å². The van der Waals surface area contributed by atoms with E-state index in [0.717, 1.165) is 12.8 Å². The number of carbonyl (C=O) groups excluding carboxylic acids is 4. The number of nitrogens with zero attached hydrogens (tertiary/aromatic N) is 2. The number of esters is 4. The Morgan fingerprint density at radius 2 is 0.630 bits per heavy atom. The first-order valence-corrected chi connectivity index (χ1v) is 18.9. The van der Waals surface area contributed by atoms with Gasteiger partial charge in [-0.15, -0.1) is 0 Å². The van der Waals surface area contributed by atoms with Crippen LogP contribution in [0.25, 0.3) is 0 Å². The first-order chi connectivity index (χ1) is 26.4. The maximum absolute atomic E-state index is 12.2. The van der Waals surface area contributed by atoms with Crippen molar-refractivity contribution < 1.29 is 76.8 Å². The molecule has 0 spiro atoms. The van der Waals surface area contributed by atoms with E-state index in [1.165, 1.54) is 7.11 Å². The highest BCUT2D eigenvalue weighted by atomic mass is 16.6. The number of aliphatic hydroxyl groups excluding tert-OH is 2. The molecule has 0 saturated carbocycles. The molecule has 0 aromatic rings. The molecule has 0 amide bonds. The van der Waals surface area contributed by atoms with Gasteiger partial charge >= 0.3 is 23.9 Å². The van der Waals surface area contributed by atoms with Crippen LogP contribution in [0.1, 0.15) is 51.4 Å². The van der Waals surface area contributed by atoms with Crippen LogP contribution in [0.4, 0.5) is 0 Å². The highest BCUT2D eigenvalue weighted by molar-refractivity contribution is 5.71. The van der Waals surface area contributed by atoms with Crippen molar-refractivity contribution in [3.8, 4) is 0 Å². The van der Waals surface area contributed by atoms with Gasteiger partial charge in [-0.05, 0) is 38.8 Å². The zero-order valence-corrected chi connectivity index (χ0v) is 32.7. The molecule has 18 heteroatoms. The summed E-state index contributed by atoms with van der Waals surface area (Å²) in [6.07, 6.45) is 3.44. The third kappa shape index (κ3) is 36.5. The van der Waals surface area contributed by atoms with Crippen LogP contribution in [0.3, 0.4) is 0 Å². The Labute approximate surface area is 320 Å². The van der Waals surface area contributed by atoms with Crippen LogP contribution in [0.5, 0.6) is 0 Å². The maximum atomic E-state index is 12.2. The molecule has 0 aliphatic carbocycles. The third-order valence-corrected chi connectivity index (χ3v) is 7.49. The number of rotatable bonds is 41. The first-order valence-electron chi connectivity index (χ1n) is 18.9. The monoisotopic (exact) mass is 784 g/mol. The molecule has 0 unspecified atom stereocenters. The first kappa shape index (κ1) is 51.5. The van der Waals surface area contributed by atoms with Crippen LogP contribution < -0.4 is 0 Å². The fourth-order valence-corrected chi connectivity index (χ4v) is 4.52. The summed E-state index contributed by atoms with van der Waals surface area (Å²) in [4.78, 5) is 52.3. The van der Waals surface area contributed by atoms with E-state index < -0.39 is 0 Å². The largest absolute Gasteiger partial charge is 0.463 e. The molecule has 54 heavy (non-hydrogen) atoms. The van der Waals surface area contributed by atoms with Gasteiger partial charge in [0.1, 0.15) is 26.4 Å². The molecule has 18 nitrogen and oxygen atoms in total. The molecule has 0 aromatic heterocycles. The molecule has 2 N–H and O–H groups in total. The van der Waals surface area contributed by atoms with Gasteiger partial charge in [-0.3, -0.25) is 19.2 Å². The summed E-state index contributed by atoms with van der Waals surface area (Å²) in [7, 11) is 3.11. The van der Waals surface area contributed by atoms with Crippen LogP contribution in [-0.2, 0) is 66.5 Å². The van der Waals surface area contributed by atoms with Crippen LogP contribution in [0.15, 0.2) is 0 Å². The maximum Gasteiger partial charge on any atom is 0.307 e. The molecule has 0 rings (SSSR count). The van der Waals surface area contributed by atoms with Crippen LogP contribution >= 0.6 is 0 Å². The second-order valence-corrected chi connectivity index (χ2v) is 11.9. The fourth-order valence-electron chi connectivity index (χ4n) is 4.52. The van der Waals surface area contributed by atoms with Crippen molar-refractivity contribution in [2.24, 2.45) is 0 Å². The summed E-state index contributed by atoms with van der Waals surface area (Å²) < 4.78 is 52.1. The zero-order valence-electron chi connectivity index (χ0n) is 32.7. The minimum Gasteiger partial charge on any atom is -0.463 e. The Bertz CT molecular complexity index is 901. The molecule has 0 aliphatic heterocycles. The topological polar surface area (TPSA) is 208 Å². The van der Waals surface area contributed by atoms with E-state index in [0.29, 0.717) is 105 Å². The van der Waals surface area contributed by atoms with Crippen molar-refractivity contribution in [1.29, 1.82) is 0 Å². The molecule has 0 saturated heterocycles. The standard InChI is InChI=1S/C36H68N2O16/c1-45-19-21-47-26-30-52-34(42)8-15-38(12-4-6-18-40)16-10-36(44)54-32-28-50-25-23-48-22-24-49-27-31-53-35(43)9-14-37(11-3-5-17-39)13-7-33(41)51-29-20-46-2/h39-40H,3-32H2,1-2H3. The van der Waals surface area contributed by atoms with Crippen molar-refractivity contribution in [1.82, 2.24) is 9.80 Å². The number of unbranched alkanes of at least 4 members (excludes halogenated alkanes) is 2. The third-order valence-electron chi connectivity index (χ3n) is 7.49. The van der Waals surface area contributed by atoms with Gasteiger partial charge < -0.3 is 67.4 Å². The predicted molar refractivity (Wildman–Crippen MR) is 195 cm³/mol. The van der Waals surface area contributed by atoms with E-state index in [2.05, 4.69) is 0 Å². The Hall–Kier alpha value is -2.52. The quantitative estimate of drug-likeness (QED) is 0.0483. The molecular weight excluding hydrogens is 716 g/mol. The minimum absolute atomic E-state index is 0.0783. The number of aliphatic hydroxyl groups is 2. The second kappa shape index (κ2) is 40.2. The van der Waals surface area contributed by atoms with Gasteiger partial charge in [0.2, 0.25) is 0 Å². The Morgan fingerprint density at radius 1 is 0.370 bits per heavy atom. The SMILES string of the molecule is COCCOCCOC(=O)CCN(CCCCO)CCC(=O)OCCOCCOCCOCCOC(=O)CCN(CCCCO)CCC(=O)OCCOC. The molecule has 0 aromatic carbocycles. The molecule has 0 bridgehead atoms. The Kier molecular flexibility index (Phi) is 38.3.